The molecule has 8 N–H and O–H groups in total. The van der Waals surface area contributed by atoms with Crippen molar-refractivity contribution in [2.45, 2.75) is 173 Å². The monoisotopic (exact) mass is 1420 g/mol. The minimum atomic E-state index is -1.94. The number of nitrogens with two attached hydrogens (primary N) is 1. The van der Waals surface area contributed by atoms with Gasteiger partial charge in [-0.25, -0.2) is 14.4 Å². The molecule has 0 aliphatic carbocycles. The molecule has 5 rings (SSSR count). The molecule has 2 fully saturated rings. The summed E-state index contributed by atoms with van der Waals surface area (Å²) in [5, 5.41) is 26.2. The Bertz CT molecular complexity index is 3040. The third-order valence-electron chi connectivity index (χ3n) is 16.5. The van der Waals surface area contributed by atoms with Crippen LogP contribution < -0.4 is 46.7 Å². The maximum Gasteiger partial charge on any atom is 0.409 e. The van der Waals surface area contributed by atoms with Crippen LogP contribution in [0.25, 0.3) is 0 Å². The van der Waals surface area contributed by atoms with Gasteiger partial charge in [0.25, 0.3) is 5.91 Å². The molecule has 2 aromatic rings. The number of anilines is 2. The Labute approximate surface area is 553 Å². The van der Waals surface area contributed by atoms with Crippen molar-refractivity contribution in [3.63, 3.8) is 0 Å². The first-order valence-corrected chi connectivity index (χ1v) is 32.7. The maximum atomic E-state index is 14.8. The Balaban J connectivity index is 1.39. The third kappa shape index (κ3) is 20.2. The van der Waals surface area contributed by atoms with E-state index in [1.165, 1.54) is 65.4 Å². The summed E-state index contributed by atoms with van der Waals surface area (Å²) in [7, 11) is 7.06. The summed E-state index contributed by atoms with van der Waals surface area (Å²) in [5.41, 5.74) is 2.84. The molecule has 3 aliphatic rings. The van der Waals surface area contributed by atoms with Gasteiger partial charge in [0.2, 0.25) is 23.6 Å². The van der Waals surface area contributed by atoms with E-state index < -0.39 is 125 Å². The Kier molecular flexibility index (Phi) is 27.6. The molecule has 0 aromatic heterocycles. The van der Waals surface area contributed by atoms with Crippen LogP contribution in [0.15, 0.2) is 54.1 Å². The van der Waals surface area contributed by atoms with E-state index in [0.717, 1.165) is 16.0 Å². The third-order valence-corrected chi connectivity index (χ3v) is 18.5. The lowest BCUT2D eigenvalue weighted by Crippen LogP contribution is -2.63. The van der Waals surface area contributed by atoms with Crippen LogP contribution in [0.3, 0.4) is 0 Å². The number of alkyl carbamates (subject to hydrolysis) is 1. The number of fused-ring (bicyclic) bond motifs is 5. The van der Waals surface area contributed by atoms with E-state index in [4.69, 9.17) is 50.5 Å². The summed E-state index contributed by atoms with van der Waals surface area (Å²) in [6, 6.07) is 3.09. The van der Waals surface area contributed by atoms with Crippen LogP contribution in [0, 0.1) is 17.8 Å². The molecule has 0 radical (unpaired) electrons. The van der Waals surface area contributed by atoms with Crippen LogP contribution >= 0.6 is 43.5 Å². The van der Waals surface area contributed by atoms with Gasteiger partial charge in [-0.3, -0.25) is 34.1 Å². The van der Waals surface area contributed by atoms with Crippen molar-refractivity contribution < 1.29 is 81.4 Å². The van der Waals surface area contributed by atoms with Crippen molar-refractivity contribution in [3.05, 3.63) is 70.3 Å². The number of epoxide rings is 1. The quantitative estimate of drug-likeness (QED) is 0.0162. The lowest BCUT2D eigenvalue weighted by molar-refractivity contribution is -0.161. The van der Waals surface area contributed by atoms with Gasteiger partial charge >= 0.3 is 24.1 Å². The number of benzene rings is 2. The number of ether oxygens (including phenoxy) is 7. The average Bonchev–Trinajstić information content (AvgIpc) is 1.58. The number of methoxy groups -OCH3 is 3. The van der Waals surface area contributed by atoms with Gasteiger partial charge in [0, 0.05) is 63.2 Å². The number of urea groups is 1. The molecule has 0 spiro atoms. The number of unbranched alkanes of at least 4 members (excludes halogenated alkanes) is 1. The zero-order valence-electron chi connectivity index (χ0n) is 54.0. The first kappa shape index (κ1) is 75.2. The fourth-order valence-electron chi connectivity index (χ4n) is 10.8. The summed E-state index contributed by atoms with van der Waals surface area (Å²) in [6.45, 7) is 13.7. The predicted molar refractivity (Wildman–Crippen MR) is 347 cm³/mol. The number of rotatable bonds is 26. The van der Waals surface area contributed by atoms with Crippen molar-refractivity contribution in [2.75, 3.05) is 62.8 Å². The number of nitrogens with one attached hydrogen (secondary N) is 5. The number of esters is 2. The largest absolute Gasteiger partial charge is 0.497 e. The Morgan fingerprint density at radius 1 is 0.978 bits per heavy atom. The van der Waals surface area contributed by atoms with Gasteiger partial charge in [-0.15, -0.1) is 0 Å². The molecule has 28 heteroatoms. The van der Waals surface area contributed by atoms with Gasteiger partial charge in [0.1, 0.15) is 64.2 Å². The molecule has 25 nitrogen and oxygen atoms in total. The predicted octanol–water partition coefficient (Wildman–Crippen LogP) is 7.14. The fraction of sp³-hybridized carbons (Fsp3) is 0.603. The highest BCUT2D eigenvalue weighted by molar-refractivity contribution is 9.09. The van der Waals surface area contributed by atoms with Crippen molar-refractivity contribution in [3.8, 4) is 11.5 Å². The van der Waals surface area contributed by atoms with Gasteiger partial charge in [-0.2, -0.15) is 0 Å². The number of amides is 8. The first-order chi connectivity index (χ1) is 42.8. The molecule has 3 heterocycles. The summed E-state index contributed by atoms with van der Waals surface area (Å²) in [4.78, 5) is 126. The minimum Gasteiger partial charge on any atom is -0.497 e. The Hall–Kier alpha value is -6.52. The Morgan fingerprint density at radius 2 is 1.67 bits per heavy atom. The van der Waals surface area contributed by atoms with E-state index in [2.05, 4.69) is 58.4 Å². The standard InChI is InChI=1S/C63H89Br2ClN8O17/c1-34(2)52(71-49(75)21-14-15-24-61(6,7)91-58(81)39(32-64)33-65)55(78)69-42(19-17-25-68-59(67)82)54(77)70-43-29-40(85-11)22-23-41(43)56(79)73(9)37(5)57(80)89-48-30-50(76)74(10)44-27-38(28-45(86-12)51(44)66)26-35(3)18-16-20-47(87-13)63(84)31-46(88-60(83)72-63)36(4)53-62(48,8)90-53/h16,18,20,22-23,27-29,34,36-37,39,42,46-48,52-53,84H,14-15,17,19,21,24-26,30-33H2,1-13H3,(H,69,78)(H,70,77)(H,71,75)(H,72,83)(H3,67,68,82)/b20-16+,35-18+/t36-,37+,42+,46+,47-,48+,52+,53+,62+,63+/m1/s1. The smallest absolute Gasteiger partial charge is 0.409 e. The molecule has 2 saturated heterocycles. The number of carbonyl (C=O) groups is 9. The van der Waals surface area contributed by atoms with E-state index in [1.54, 1.807) is 65.8 Å². The number of halogens is 3. The van der Waals surface area contributed by atoms with E-state index in [9.17, 15) is 48.3 Å². The maximum absolute atomic E-state index is 14.8. The summed E-state index contributed by atoms with van der Waals surface area (Å²) >= 11 is 13.5. The number of primary amides is 1. The second kappa shape index (κ2) is 33.4. The number of allylic oxidation sites excluding steroid dienone is 3. The molecule has 91 heavy (non-hydrogen) atoms. The molecule has 8 amide bonds. The lowest BCUT2D eigenvalue weighted by atomic mass is 9.83. The highest BCUT2D eigenvalue weighted by Crippen LogP contribution is 2.49. The summed E-state index contributed by atoms with van der Waals surface area (Å²) < 4.78 is 40.9. The molecule has 10 atom stereocenters. The SMILES string of the molecule is COc1ccc(C(=O)N(C)[C@@H](C)C(=O)O[C@H]2CC(=O)N(C)c3cc(cc(OC)c3Cl)C/C(C)=C/C=C/[C@@H](OC)[C@@]3(O)C[C@H](OC(=O)N3)[C@@H](C)[C@@H]3O[C@@]23C)c(NC(=O)[C@H](CCCNC(N)=O)NC(=O)[C@@H](NC(=O)CCCCC(C)(C)OC(=O)C(CBr)CBr)C(C)C)c1. The highest BCUT2D eigenvalue weighted by atomic mass is 79.9. The van der Waals surface area contributed by atoms with Crippen LogP contribution in [0.1, 0.15) is 123 Å². The summed E-state index contributed by atoms with van der Waals surface area (Å²) in [6.07, 6.45) is 1.34. The number of carbonyl (C=O) groups excluding carboxylic acids is 9. The van der Waals surface area contributed by atoms with Crippen molar-refractivity contribution in [1.82, 2.24) is 26.2 Å². The number of hydrogen-bond acceptors (Lipinski definition) is 17. The van der Waals surface area contributed by atoms with Crippen LogP contribution in [0.4, 0.5) is 21.0 Å². The van der Waals surface area contributed by atoms with Gasteiger partial charge < -0.3 is 75.1 Å². The lowest BCUT2D eigenvalue weighted by Gasteiger charge is -2.42. The molecular formula is C63H89Br2ClN8O17. The minimum absolute atomic E-state index is 0.0295. The van der Waals surface area contributed by atoms with Crippen LogP contribution in [0.2, 0.25) is 5.02 Å². The molecular weight excluding hydrogens is 1340 g/mol. The van der Waals surface area contributed by atoms with Crippen molar-refractivity contribution in [1.29, 1.82) is 0 Å². The van der Waals surface area contributed by atoms with E-state index in [1.807, 2.05) is 13.0 Å². The average molecular weight is 1430 g/mol. The fourth-order valence-corrected chi connectivity index (χ4v) is 12.7. The second-order valence-electron chi connectivity index (χ2n) is 24.4. The zero-order chi connectivity index (χ0) is 67.9. The van der Waals surface area contributed by atoms with Crippen LogP contribution in [0.5, 0.6) is 11.5 Å². The molecule has 3 aliphatic heterocycles. The van der Waals surface area contributed by atoms with Gasteiger partial charge in [0.15, 0.2) is 5.72 Å². The van der Waals surface area contributed by atoms with E-state index in [0.29, 0.717) is 47.8 Å². The van der Waals surface area contributed by atoms with E-state index in [-0.39, 0.29) is 66.1 Å². The number of aliphatic hydroxyl groups is 1. The van der Waals surface area contributed by atoms with Gasteiger partial charge in [-0.05, 0) is 109 Å². The Morgan fingerprint density at radius 3 is 2.30 bits per heavy atom. The highest BCUT2D eigenvalue weighted by Gasteiger charge is 2.64. The van der Waals surface area contributed by atoms with Crippen molar-refractivity contribution in [2.24, 2.45) is 23.5 Å². The molecule has 504 valence electrons. The van der Waals surface area contributed by atoms with Gasteiger partial charge in [0.05, 0.1) is 49.6 Å². The molecule has 0 saturated carbocycles. The second-order valence-corrected chi connectivity index (χ2v) is 26.1. The van der Waals surface area contributed by atoms with Gasteiger partial charge in [-0.1, -0.05) is 88.0 Å². The van der Waals surface area contributed by atoms with Crippen molar-refractivity contribution >= 4 is 108 Å². The zero-order valence-corrected chi connectivity index (χ0v) is 57.9. The topological polar surface area (TPSA) is 334 Å². The first-order valence-electron chi connectivity index (χ1n) is 30.1. The normalized spacial score (nSPS) is 23.7. The molecule has 2 aromatic carbocycles. The number of alkyl halides is 2. The molecule has 4 bridgehead atoms. The number of likely N-dealkylation sites (N-methyl/N-ethyl adjacent to an activating group) is 1. The van der Waals surface area contributed by atoms with Crippen LogP contribution in [-0.4, -0.2) is 176 Å². The number of hydrogen-bond donors (Lipinski definition) is 7. The molecule has 0 unspecified atom stereocenters. The summed E-state index contributed by atoms with van der Waals surface area (Å²) in [5.74, 6) is -5.54. The van der Waals surface area contributed by atoms with E-state index >= 15 is 0 Å². The number of nitrogens with zero attached hydrogens (tertiary/aromatic N) is 2. The van der Waals surface area contributed by atoms with Crippen LogP contribution in [-0.2, 0) is 58.9 Å².